The SMILES string of the molecule is c1cc(-c2ccc(-n3c4ccccc4c4cc(C5c6ccccc6-c6ccccc65)ccc43)cc2)cc(-n2c3ccccc3c3ccccc32)c1. The zero-order valence-electron chi connectivity index (χ0n) is 27.9. The maximum atomic E-state index is 2.44. The van der Waals surface area contributed by atoms with Crippen LogP contribution < -0.4 is 0 Å². The molecule has 2 nitrogen and oxygen atoms in total. The van der Waals surface area contributed by atoms with Crippen molar-refractivity contribution in [2.24, 2.45) is 0 Å². The number of rotatable bonds is 4. The third-order valence-corrected chi connectivity index (χ3v) is 11.0. The Balaban J connectivity index is 1.01. The monoisotopic (exact) mass is 648 g/mol. The first-order valence-corrected chi connectivity index (χ1v) is 17.7. The predicted molar refractivity (Wildman–Crippen MR) is 213 cm³/mol. The van der Waals surface area contributed by atoms with E-state index in [1.807, 2.05) is 0 Å². The Labute approximate surface area is 296 Å². The number of para-hydroxylation sites is 3. The summed E-state index contributed by atoms with van der Waals surface area (Å²) in [6.07, 6.45) is 0. The Kier molecular flexibility index (Phi) is 6.05. The third kappa shape index (κ3) is 4.17. The van der Waals surface area contributed by atoms with E-state index in [1.165, 1.54) is 88.2 Å². The van der Waals surface area contributed by atoms with Crippen molar-refractivity contribution >= 4 is 43.6 Å². The van der Waals surface area contributed by atoms with Gasteiger partial charge in [-0.15, -0.1) is 0 Å². The molecule has 0 amide bonds. The van der Waals surface area contributed by atoms with Gasteiger partial charge in [-0.1, -0.05) is 133 Å². The van der Waals surface area contributed by atoms with Gasteiger partial charge in [0.25, 0.3) is 0 Å². The summed E-state index contributed by atoms with van der Waals surface area (Å²) in [7, 11) is 0. The first kappa shape index (κ1) is 28.2. The molecule has 11 rings (SSSR count). The molecule has 0 bridgehead atoms. The maximum absolute atomic E-state index is 2.44. The van der Waals surface area contributed by atoms with E-state index >= 15 is 0 Å². The van der Waals surface area contributed by atoms with Gasteiger partial charge in [-0.2, -0.15) is 0 Å². The Morgan fingerprint density at radius 1 is 0.314 bits per heavy atom. The van der Waals surface area contributed by atoms with Gasteiger partial charge in [0.1, 0.15) is 0 Å². The molecular formula is C49H32N2. The van der Waals surface area contributed by atoms with Crippen LogP contribution in [0.4, 0.5) is 0 Å². The summed E-state index contributed by atoms with van der Waals surface area (Å²) in [5.74, 6) is 0.224. The van der Waals surface area contributed by atoms with Crippen molar-refractivity contribution in [2.45, 2.75) is 5.92 Å². The third-order valence-electron chi connectivity index (χ3n) is 11.0. The van der Waals surface area contributed by atoms with E-state index in [0.29, 0.717) is 0 Å². The highest BCUT2D eigenvalue weighted by molar-refractivity contribution is 6.10. The van der Waals surface area contributed by atoms with E-state index in [-0.39, 0.29) is 5.92 Å². The predicted octanol–water partition coefficient (Wildman–Crippen LogP) is 12.7. The second-order valence-corrected chi connectivity index (χ2v) is 13.7. The van der Waals surface area contributed by atoms with E-state index in [2.05, 4.69) is 197 Å². The molecule has 0 aliphatic heterocycles. The standard InChI is InChI=1S/C49H32N2/c1-3-19-42-37(14-1)38-15-2-4-20-43(38)49(42)34-26-29-48-44(31-34)41-18-7-10-23-47(41)50(48)35-27-24-32(25-28-35)33-12-11-13-36(30-33)51-45-21-8-5-16-39(45)40-17-6-9-22-46(40)51/h1-31,49H. The molecule has 0 N–H and O–H groups in total. The molecular weight excluding hydrogens is 617 g/mol. The molecule has 2 heteroatoms. The number of hydrogen-bond acceptors (Lipinski definition) is 0. The summed E-state index contributed by atoms with van der Waals surface area (Å²) in [6.45, 7) is 0. The van der Waals surface area contributed by atoms with Crippen molar-refractivity contribution in [1.29, 1.82) is 0 Å². The smallest absolute Gasteiger partial charge is 0.0541 e. The molecule has 2 heterocycles. The quantitative estimate of drug-likeness (QED) is 0.180. The van der Waals surface area contributed by atoms with Crippen LogP contribution >= 0.6 is 0 Å². The van der Waals surface area contributed by atoms with Gasteiger partial charge in [0.2, 0.25) is 0 Å². The minimum atomic E-state index is 0.224. The van der Waals surface area contributed by atoms with Crippen LogP contribution in [0.3, 0.4) is 0 Å². The van der Waals surface area contributed by atoms with E-state index in [1.54, 1.807) is 0 Å². The Bertz CT molecular complexity index is 2880. The van der Waals surface area contributed by atoms with E-state index in [4.69, 9.17) is 0 Å². The van der Waals surface area contributed by atoms with Crippen molar-refractivity contribution in [3.05, 3.63) is 205 Å². The molecule has 0 spiro atoms. The lowest BCUT2D eigenvalue weighted by molar-refractivity contribution is 1.02. The van der Waals surface area contributed by atoms with E-state index < -0.39 is 0 Å². The highest BCUT2D eigenvalue weighted by atomic mass is 15.0. The molecule has 8 aromatic carbocycles. The number of fused-ring (bicyclic) bond motifs is 9. The Morgan fingerprint density at radius 2 is 0.824 bits per heavy atom. The largest absolute Gasteiger partial charge is 0.309 e. The van der Waals surface area contributed by atoms with Gasteiger partial charge in [-0.3, -0.25) is 0 Å². The summed E-state index contributed by atoms with van der Waals surface area (Å²) < 4.78 is 4.81. The van der Waals surface area contributed by atoms with Crippen molar-refractivity contribution in [2.75, 3.05) is 0 Å². The summed E-state index contributed by atoms with van der Waals surface area (Å²) in [5, 5.41) is 5.11. The van der Waals surface area contributed by atoms with Crippen LogP contribution in [0, 0.1) is 0 Å². The summed E-state index contributed by atoms with van der Waals surface area (Å²) in [5.41, 5.74) is 16.4. The van der Waals surface area contributed by atoms with Crippen molar-refractivity contribution in [1.82, 2.24) is 9.13 Å². The average molecular weight is 649 g/mol. The topological polar surface area (TPSA) is 9.86 Å². The minimum absolute atomic E-state index is 0.224. The molecule has 2 aromatic heterocycles. The molecule has 238 valence electrons. The highest BCUT2D eigenvalue weighted by Crippen LogP contribution is 2.48. The number of benzene rings is 8. The molecule has 1 aliphatic rings. The summed E-state index contributed by atoms with van der Waals surface area (Å²) >= 11 is 0. The lowest BCUT2D eigenvalue weighted by Crippen LogP contribution is -1.99. The highest BCUT2D eigenvalue weighted by Gasteiger charge is 2.29. The molecule has 0 radical (unpaired) electrons. The fourth-order valence-corrected chi connectivity index (χ4v) is 8.79. The lowest BCUT2D eigenvalue weighted by Gasteiger charge is -2.15. The first-order valence-electron chi connectivity index (χ1n) is 17.7. The van der Waals surface area contributed by atoms with Crippen LogP contribution in [0.1, 0.15) is 22.6 Å². The number of hydrogen-bond donors (Lipinski definition) is 0. The normalized spacial score (nSPS) is 12.6. The molecule has 0 unspecified atom stereocenters. The van der Waals surface area contributed by atoms with Gasteiger partial charge < -0.3 is 9.13 Å². The molecule has 0 atom stereocenters. The second kappa shape index (κ2) is 10.9. The van der Waals surface area contributed by atoms with Crippen molar-refractivity contribution in [3.63, 3.8) is 0 Å². The number of aromatic nitrogens is 2. The van der Waals surface area contributed by atoms with Crippen LogP contribution in [-0.4, -0.2) is 9.13 Å². The van der Waals surface area contributed by atoms with Gasteiger partial charge in [-0.25, -0.2) is 0 Å². The van der Waals surface area contributed by atoms with Gasteiger partial charge >= 0.3 is 0 Å². The van der Waals surface area contributed by atoms with E-state index in [9.17, 15) is 0 Å². The van der Waals surface area contributed by atoms with Crippen LogP contribution in [0.2, 0.25) is 0 Å². The summed E-state index contributed by atoms with van der Waals surface area (Å²) in [6, 6.07) is 69.1. The summed E-state index contributed by atoms with van der Waals surface area (Å²) in [4.78, 5) is 0. The average Bonchev–Trinajstić information content (AvgIpc) is 3.84. The molecule has 51 heavy (non-hydrogen) atoms. The first-order chi connectivity index (χ1) is 25.3. The fourth-order valence-electron chi connectivity index (χ4n) is 8.79. The Hall–Kier alpha value is -6.64. The van der Waals surface area contributed by atoms with Crippen LogP contribution in [0.15, 0.2) is 188 Å². The van der Waals surface area contributed by atoms with Crippen LogP contribution in [0.25, 0.3) is 77.2 Å². The van der Waals surface area contributed by atoms with Crippen LogP contribution in [0.5, 0.6) is 0 Å². The van der Waals surface area contributed by atoms with Crippen molar-refractivity contribution < 1.29 is 0 Å². The van der Waals surface area contributed by atoms with Gasteiger partial charge in [0.05, 0.1) is 22.1 Å². The number of nitrogens with zero attached hydrogens (tertiary/aromatic N) is 2. The molecule has 10 aromatic rings. The van der Waals surface area contributed by atoms with Crippen LogP contribution in [-0.2, 0) is 0 Å². The zero-order chi connectivity index (χ0) is 33.5. The zero-order valence-corrected chi connectivity index (χ0v) is 27.9. The van der Waals surface area contributed by atoms with E-state index in [0.717, 1.165) is 5.69 Å². The second-order valence-electron chi connectivity index (χ2n) is 13.7. The molecule has 0 saturated carbocycles. The molecule has 1 aliphatic carbocycles. The Morgan fingerprint density at radius 3 is 1.45 bits per heavy atom. The van der Waals surface area contributed by atoms with Crippen molar-refractivity contribution in [3.8, 4) is 33.6 Å². The molecule has 0 fully saturated rings. The minimum Gasteiger partial charge on any atom is -0.309 e. The maximum Gasteiger partial charge on any atom is 0.0541 e. The molecule has 0 saturated heterocycles. The van der Waals surface area contributed by atoms with Gasteiger partial charge in [0.15, 0.2) is 0 Å². The van der Waals surface area contributed by atoms with Gasteiger partial charge in [-0.05, 0) is 93.5 Å². The lowest BCUT2D eigenvalue weighted by atomic mass is 9.88. The fraction of sp³-hybridized carbons (Fsp3) is 0.0204. The van der Waals surface area contributed by atoms with Gasteiger partial charge in [0, 0.05) is 38.8 Å².